The molecule has 23 heavy (non-hydrogen) atoms. The predicted molar refractivity (Wildman–Crippen MR) is 83.4 cm³/mol. The third-order valence-electron chi connectivity index (χ3n) is 3.48. The van der Waals surface area contributed by atoms with Crippen molar-refractivity contribution in [2.45, 2.75) is 13.1 Å². The van der Waals surface area contributed by atoms with Crippen LogP contribution in [0.5, 0.6) is 0 Å². The molecule has 1 N–H and O–H groups in total. The monoisotopic (exact) mass is 323 g/mol. The standard InChI is InChI=1S/C16H16F3N3O/c1-10-6-4-5-7-11(10)12-8-14(21-9-13(12)20-2)22(3)15(23)16(17,18)19/h4-9,20H,1-3H3. The van der Waals surface area contributed by atoms with Crippen LogP contribution in [-0.2, 0) is 4.79 Å². The van der Waals surface area contributed by atoms with Gasteiger partial charge >= 0.3 is 12.1 Å². The third-order valence-corrected chi connectivity index (χ3v) is 3.48. The van der Waals surface area contributed by atoms with Gasteiger partial charge in [-0.2, -0.15) is 13.2 Å². The van der Waals surface area contributed by atoms with E-state index in [2.05, 4.69) is 10.3 Å². The molecule has 4 nitrogen and oxygen atoms in total. The van der Waals surface area contributed by atoms with E-state index in [-0.39, 0.29) is 5.82 Å². The zero-order valence-electron chi connectivity index (χ0n) is 12.9. The van der Waals surface area contributed by atoms with Crippen LogP contribution in [0.25, 0.3) is 11.1 Å². The van der Waals surface area contributed by atoms with Gasteiger partial charge in [0.05, 0.1) is 11.9 Å². The number of carbonyl (C=O) groups excluding carboxylic acids is 1. The number of hydrogen-bond acceptors (Lipinski definition) is 3. The maximum atomic E-state index is 12.6. The van der Waals surface area contributed by atoms with Crippen molar-refractivity contribution in [3.8, 4) is 11.1 Å². The van der Waals surface area contributed by atoms with Crippen molar-refractivity contribution in [1.29, 1.82) is 0 Å². The molecule has 0 aliphatic heterocycles. The molecule has 0 bridgehead atoms. The highest BCUT2D eigenvalue weighted by molar-refractivity contribution is 5.97. The van der Waals surface area contributed by atoms with Gasteiger partial charge in [0.25, 0.3) is 0 Å². The van der Waals surface area contributed by atoms with Gasteiger partial charge in [-0.3, -0.25) is 9.69 Å². The fourth-order valence-electron chi connectivity index (χ4n) is 2.22. The Morgan fingerprint density at radius 1 is 1.22 bits per heavy atom. The topological polar surface area (TPSA) is 45.2 Å². The number of carbonyl (C=O) groups is 1. The zero-order valence-corrected chi connectivity index (χ0v) is 12.9. The number of nitrogens with zero attached hydrogens (tertiary/aromatic N) is 2. The lowest BCUT2D eigenvalue weighted by Gasteiger charge is -2.20. The summed E-state index contributed by atoms with van der Waals surface area (Å²) in [4.78, 5) is 15.8. The second-order valence-electron chi connectivity index (χ2n) is 5.01. The maximum absolute atomic E-state index is 12.6. The minimum absolute atomic E-state index is 0.0652. The van der Waals surface area contributed by atoms with Gasteiger partial charge in [-0.25, -0.2) is 4.98 Å². The summed E-state index contributed by atoms with van der Waals surface area (Å²) >= 11 is 0. The van der Waals surface area contributed by atoms with Crippen LogP contribution in [0.2, 0.25) is 0 Å². The lowest BCUT2D eigenvalue weighted by Crippen LogP contribution is -2.38. The summed E-state index contributed by atoms with van der Waals surface area (Å²) in [6.07, 6.45) is -3.53. The first-order valence-corrected chi connectivity index (χ1v) is 6.84. The summed E-state index contributed by atoms with van der Waals surface area (Å²) in [7, 11) is 2.75. The molecule has 122 valence electrons. The molecule has 0 aliphatic rings. The van der Waals surface area contributed by atoms with Crippen LogP contribution in [0, 0.1) is 6.92 Å². The zero-order chi connectivity index (χ0) is 17.2. The van der Waals surface area contributed by atoms with Crippen molar-refractivity contribution in [2.75, 3.05) is 24.3 Å². The summed E-state index contributed by atoms with van der Waals surface area (Å²) in [5.41, 5.74) is 3.16. The minimum Gasteiger partial charge on any atom is -0.386 e. The van der Waals surface area contributed by atoms with E-state index in [0.717, 1.165) is 18.2 Å². The van der Waals surface area contributed by atoms with Gasteiger partial charge in [-0.05, 0) is 24.1 Å². The molecule has 0 saturated carbocycles. The molecule has 1 aromatic heterocycles. The molecule has 1 amide bonds. The van der Waals surface area contributed by atoms with Gasteiger partial charge in [0, 0.05) is 19.7 Å². The average molecular weight is 323 g/mol. The molecule has 1 heterocycles. The first-order chi connectivity index (χ1) is 10.8. The summed E-state index contributed by atoms with van der Waals surface area (Å²) in [5, 5.41) is 2.96. The van der Waals surface area contributed by atoms with E-state index in [9.17, 15) is 18.0 Å². The molecular weight excluding hydrogens is 307 g/mol. The molecule has 0 fully saturated rings. The smallest absolute Gasteiger partial charge is 0.386 e. The van der Waals surface area contributed by atoms with Gasteiger partial charge < -0.3 is 5.32 Å². The second kappa shape index (κ2) is 6.28. The summed E-state index contributed by atoms with van der Waals surface area (Å²) < 4.78 is 37.8. The molecule has 0 spiro atoms. The molecule has 1 aromatic carbocycles. The van der Waals surface area contributed by atoms with Crippen LogP contribution in [-0.4, -0.2) is 31.2 Å². The Labute approximate surface area is 132 Å². The molecular formula is C16H16F3N3O. The van der Waals surface area contributed by atoms with E-state index in [1.807, 2.05) is 31.2 Å². The largest absolute Gasteiger partial charge is 0.471 e. The summed E-state index contributed by atoms with van der Waals surface area (Å²) in [6.45, 7) is 1.90. The first-order valence-electron chi connectivity index (χ1n) is 6.84. The number of anilines is 2. The van der Waals surface area contributed by atoms with Gasteiger partial charge in [0.2, 0.25) is 0 Å². The lowest BCUT2D eigenvalue weighted by molar-refractivity contribution is -0.170. The van der Waals surface area contributed by atoms with Crippen LogP contribution in [0.1, 0.15) is 5.56 Å². The van der Waals surface area contributed by atoms with Crippen LogP contribution < -0.4 is 10.2 Å². The number of benzene rings is 1. The lowest BCUT2D eigenvalue weighted by atomic mass is 10.00. The number of pyridine rings is 1. The van der Waals surface area contributed by atoms with Gasteiger partial charge in [0.1, 0.15) is 5.82 Å². The van der Waals surface area contributed by atoms with Crippen molar-refractivity contribution in [2.24, 2.45) is 0 Å². The van der Waals surface area contributed by atoms with Crippen molar-refractivity contribution >= 4 is 17.4 Å². The molecule has 0 unspecified atom stereocenters. The van der Waals surface area contributed by atoms with E-state index in [0.29, 0.717) is 16.2 Å². The SMILES string of the molecule is CNc1cnc(N(C)C(=O)C(F)(F)F)cc1-c1ccccc1C. The van der Waals surface area contributed by atoms with Crippen molar-refractivity contribution in [3.63, 3.8) is 0 Å². The first kappa shape index (κ1) is 16.8. The Bertz CT molecular complexity index is 729. The highest BCUT2D eigenvalue weighted by Crippen LogP contribution is 2.33. The summed E-state index contributed by atoms with van der Waals surface area (Å²) in [5.74, 6) is -2.03. The minimum atomic E-state index is -4.94. The van der Waals surface area contributed by atoms with Gasteiger partial charge in [-0.15, -0.1) is 0 Å². The highest BCUT2D eigenvalue weighted by atomic mass is 19.4. The number of nitrogens with one attached hydrogen (secondary N) is 1. The Morgan fingerprint density at radius 3 is 2.43 bits per heavy atom. The third kappa shape index (κ3) is 3.44. The van der Waals surface area contributed by atoms with E-state index < -0.39 is 12.1 Å². The van der Waals surface area contributed by atoms with Crippen molar-refractivity contribution in [1.82, 2.24) is 4.98 Å². The van der Waals surface area contributed by atoms with E-state index in [1.165, 1.54) is 12.3 Å². The Morgan fingerprint density at radius 2 is 1.87 bits per heavy atom. The number of aryl methyl sites for hydroxylation is 1. The van der Waals surface area contributed by atoms with Crippen LogP contribution in [0.3, 0.4) is 0 Å². The molecule has 0 radical (unpaired) electrons. The molecule has 0 aliphatic carbocycles. The van der Waals surface area contributed by atoms with E-state index >= 15 is 0 Å². The molecule has 0 atom stereocenters. The van der Waals surface area contributed by atoms with E-state index in [4.69, 9.17) is 0 Å². The fraction of sp³-hybridized carbons (Fsp3) is 0.250. The molecule has 2 aromatic rings. The van der Waals surface area contributed by atoms with Crippen LogP contribution >= 0.6 is 0 Å². The molecule has 0 saturated heterocycles. The average Bonchev–Trinajstić information content (AvgIpc) is 2.52. The van der Waals surface area contributed by atoms with Gasteiger partial charge in [0.15, 0.2) is 0 Å². The Hall–Kier alpha value is -2.57. The normalized spacial score (nSPS) is 11.2. The fourth-order valence-corrected chi connectivity index (χ4v) is 2.22. The number of hydrogen-bond donors (Lipinski definition) is 1. The number of halogens is 3. The van der Waals surface area contributed by atoms with Crippen LogP contribution in [0.4, 0.5) is 24.7 Å². The summed E-state index contributed by atoms with van der Waals surface area (Å²) in [6, 6.07) is 8.95. The Balaban J connectivity index is 2.52. The van der Waals surface area contributed by atoms with E-state index in [1.54, 1.807) is 7.05 Å². The Kier molecular flexibility index (Phi) is 4.58. The highest BCUT2D eigenvalue weighted by Gasteiger charge is 2.42. The van der Waals surface area contributed by atoms with Crippen molar-refractivity contribution < 1.29 is 18.0 Å². The quantitative estimate of drug-likeness (QED) is 0.938. The van der Waals surface area contributed by atoms with Crippen molar-refractivity contribution in [3.05, 3.63) is 42.1 Å². The molecule has 7 heteroatoms. The number of amides is 1. The number of rotatable bonds is 3. The number of alkyl halides is 3. The van der Waals surface area contributed by atoms with Crippen LogP contribution in [0.15, 0.2) is 36.5 Å². The second-order valence-corrected chi connectivity index (χ2v) is 5.01. The maximum Gasteiger partial charge on any atom is 0.471 e. The number of aromatic nitrogens is 1. The predicted octanol–water partition coefficient (Wildman–Crippen LogP) is 3.62. The molecule has 2 rings (SSSR count). The van der Waals surface area contributed by atoms with Gasteiger partial charge in [-0.1, -0.05) is 24.3 Å².